The van der Waals surface area contributed by atoms with Gasteiger partial charge in [-0.15, -0.1) is 0 Å². The smallest absolute Gasteiger partial charge is 0.133 e. The van der Waals surface area contributed by atoms with Crippen LogP contribution in [-0.2, 0) is 4.79 Å². The van der Waals surface area contributed by atoms with Gasteiger partial charge in [-0.25, -0.2) is 0 Å². The molecule has 0 aromatic rings. The zero-order valence-electron chi connectivity index (χ0n) is 8.84. The Balaban J connectivity index is 2.49. The molecule has 0 bridgehead atoms. The Morgan fingerprint density at radius 1 is 1.62 bits per heavy atom. The maximum Gasteiger partial charge on any atom is 0.133 e. The molecule has 13 heavy (non-hydrogen) atoms. The molecule has 74 valence electrons. The molecule has 1 heterocycles. The number of ketones is 1. The molecule has 0 aliphatic carbocycles. The maximum atomic E-state index is 10.9. The van der Waals surface area contributed by atoms with Crippen molar-refractivity contribution in [2.24, 2.45) is 0 Å². The molecule has 0 saturated carbocycles. The van der Waals surface area contributed by atoms with E-state index in [-0.39, 0.29) is 5.78 Å². The van der Waals surface area contributed by atoms with E-state index in [2.05, 4.69) is 24.8 Å². The maximum absolute atomic E-state index is 10.9. The summed E-state index contributed by atoms with van der Waals surface area (Å²) < 4.78 is 0. The van der Waals surface area contributed by atoms with Gasteiger partial charge >= 0.3 is 0 Å². The molecule has 0 atom stereocenters. The van der Waals surface area contributed by atoms with E-state index in [1.165, 1.54) is 5.57 Å². The van der Waals surface area contributed by atoms with Crippen molar-refractivity contribution >= 4 is 5.78 Å². The minimum absolute atomic E-state index is 0.275. The second kappa shape index (κ2) is 4.56. The first-order valence-corrected chi connectivity index (χ1v) is 5.01. The van der Waals surface area contributed by atoms with E-state index >= 15 is 0 Å². The predicted molar refractivity (Wildman–Crippen MR) is 54.7 cm³/mol. The number of rotatable bonds is 3. The van der Waals surface area contributed by atoms with Crippen LogP contribution < -0.4 is 0 Å². The number of nitrogens with zero attached hydrogens (tertiary/aromatic N) is 1. The largest absolute Gasteiger partial charge is 0.300 e. The first kappa shape index (κ1) is 10.5. The Morgan fingerprint density at radius 3 is 2.85 bits per heavy atom. The van der Waals surface area contributed by atoms with Crippen molar-refractivity contribution in [3.63, 3.8) is 0 Å². The molecule has 0 aromatic carbocycles. The molecule has 0 radical (unpaired) electrons. The fourth-order valence-electron chi connectivity index (χ4n) is 1.73. The summed E-state index contributed by atoms with van der Waals surface area (Å²) in [6.07, 6.45) is 3.96. The molecule has 0 N–H and O–H groups in total. The highest BCUT2D eigenvalue weighted by Gasteiger charge is 2.15. The Morgan fingerprint density at radius 2 is 2.31 bits per heavy atom. The third-order valence-electron chi connectivity index (χ3n) is 2.46. The highest BCUT2D eigenvalue weighted by molar-refractivity contribution is 5.78. The van der Waals surface area contributed by atoms with Gasteiger partial charge in [-0.05, 0) is 27.2 Å². The second-order valence-corrected chi connectivity index (χ2v) is 4.09. The van der Waals surface area contributed by atoms with Crippen LogP contribution in [0.25, 0.3) is 0 Å². The zero-order chi connectivity index (χ0) is 9.84. The minimum Gasteiger partial charge on any atom is -0.300 e. The van der Waals surface area contributed by atoms with Crippen molar-refractivity contribution < 1.29 is 4.79 Å². The van der Waals surface area contributed by atoms with Crippen LogP contribution in [0.15, 0.2) is 11.6 Å². The number of Topliss-reactive ketones (excluding diaryl/α,β-unsaturated/α-hetero) is 1. The molecule has 0 fully saturated rings. The van der Waals surface area contributed by atoms with Gasteiger partial charge in [0.15, 0.2) is 0 Å². The molecule has 1 aliphatic heterocycles. The van der Waals surface area contributed by atoms with E-state index in [1.54, 1.807) is 6.92 Å². The van der Waals surface area contributed by atoms with Gasteiger partial charge in [-0.1, -0.05) is 11.6 Å². The summed E-state index contributed by atoms with van der Waals surface area (Å²) in [4.78, 5) is 13.3. The van der Waals surface area contributed by atoms with Gasteiger partial charge in [-0.2, -0.15) is 0 Å². The molecule has 1 rings (SSSR count). The van der Waals surface area contributed by atoms with E-state index in [9.17, 15) is 4.79 Å². The van der Waals surface area contributed by atoms with Crippen LogP contribution in [0.1, 0.15) is 33.6 Å². The Labute approximate surface area is 80.6 Å². The molecule has 0 amide bonds. The number of carbonyl (C=O) groups excluding carboxylic acids is 1. The molecule has 2 heteroatoms. The van der Waals surface area contributed by atoms with E-state index in [1.807, 2.05) is 0 Å². The summed E-state index contributed by atoms with van der Waals surface area (Å²) in [7, 11) is 0. The summed E-state index contributed by atoms with van der Waals surface area (Å²) >= 11 is 0. The van der Waals surface area contributed by atoms with Crippen LogP contribution in [0.4, 0.5) is 0 Å². The molecule has 0 saturated heterocycles. The van der Waals surface area contributed by atoms with Crippen LogP contribution in [-0.4, -0.2) is 29.8 Å². The second-order valence-electron chi connectivity index (χ2n) is 4.09. The average molecular weight is 181 g/mol. The lowest BCUT2D eigenvalue weighted by atomic mass is 10.0. The summed E-state index contributed by atoms with van der Waals surface area (Å²) in [5.74, 6) is 0.275. The number of hydrogen-bond acceptors (Lipinski definition) is 2. The molecule has 0 unspecified atom stereocenters. The number of carbonyl (C=O) groups is 1. The fraction of sp³-hybridized carbons (Fsp3) is 0.727. The third kappa shape index (κ3) is 3.31. The quantitative estimate of drug-likeness (QED) is 0.621. The van der Waals surface area contributed by atoms with Gasteiger partial charge < -0.3 is 0 Å². The lowest BCUT2D eigenvalue weighted by Crippen LogP contribution is -2.36. The molecule has 1 aliphatic rings. The van der Waals surface area contributed by atoms with E-state index in [0.717, 1.165) is 19.5 Å². The van der Waals surface area contributed by atoms with E-state index in [4.69, 9.17) is 0 Å². The Hall–Kier alpha value is -0.630. The van der Waals surface area contributed by atoms with Crippen molar-refractivity contribution in [3.8, 4) is 0 Å². The number of hydrogen-bond donors (Lipinski definition) is 0. The van der Waals surface area contributed by atoms with Gasteiger partial charge in [0.25, 0.3) is 0 Å². The minimum atomic E-state index is 0.275. The van der Waals surface area contributed by atoms with Crippen LogP contribution >= 0.6 is 0 Å². The summed E-state index contributed by atoms with van der Waals surface area (Å²) in [6.45, 7) is 8.19. The lowest BCUT2D eigenvalue weighted by molar-refractivity contribution is -0.116. The Kier molecular flexibility index (Phi) is 3.67. The third-order valence-corrected chi connectivity index (χ3v) is 2.46. The van der Waals surface area contributed by atoms with Crippen LogP contribution in [0.2, 0.25) is 0 Å². The highest BCUT2D eigenvalue weighted by Crippen LogP contribution is 2.15. The predicted octanol–water partition coefficient (Wildman–Crippen LogP) is 2.01. The van der Waals surface area contributed by atoms with Crippen molar-refractivity contribution in [1.82, 2.24) is 4.90 Å². The van der Waals surface area contributed by atoms with Gasteiger partial charge in [-0.3, -0.25) is 9.69 Å². The fourth-order valence-corrected chi connectivity index (χ4v) is 1.73. The molecular weight excluding hydrogens is 162 g/mol. The van der Waals surface area contributed by atoms with Gasteiger partial charge in [0.1, 0.15) is 5.78 Å². The van der Waals surface area contributed by atoms with Crippen molar-refractivity contribution in [3.05, 3.63) is 11.6 Å². The van der Waals surface area contributed by atoms with Crippen molar-refractivity contribution in [2.45, 2.75) is 39.7 Å². The molecule has 2 nitrogen and oxygen atoms in total. The van der Waals surface area contributed by atoms with Crippen LogP contribution in [0, 0.1) is 0 Å². The highest BCUT2D eigenvalue weighted by atomic mass is 16.1. The van der Waals surface area contributed by atoms with Gasteiger partial charge in [0, 0.05) is 25.6 Å². The molecule has 0 aromatic heterocycles. The van der Waals surface area contributed by atoms with Crippen molar-refractivity contribution in [2.75, 3.05) is 13.1 Å². The topological polar surface area (TPSA) is 20.3 Å². The van der Waals surface area contributed by atoms with Gasteiger partial charge in [0.2, 0.25) is 0 Å². The van der Waals surface area contributed by atoms with Crippen LogP contribution in [0.3, 0.4) is 0 Å². The Bertz CT molecular complexity index is 218. The monoisotopic (exact) mass is 181 g/mol. The normalized spacial score (nSPS) is 18.9. The first-order valence-electron chi connectivity index (χ1n) is 5.01. The van der Waals surface area contributed by atoms with Crippen molar-refractivity contribution in [1.29, 1.82) is 0 Å². The molecule has 0 spiro atoms. The zero-order valence-corrected chi connectivity index (χ0v) is 8.84. The summed E-state index contributed by atoms with van der Waals surface area (Å²) in [5.41, 5.74) is 1.30. The average Bonchev–Trinajstić information content (AvgIpc) is 2.03. The summed E-state index contributed by atoms with van der Waals surface area (Å²) in [6, 6.07) is 0.593. The standard InChI is InChI=1S/C11H19NO/c1-9(2)12-6-4-5-11(8-12)7-10(3)13/h5,9H,4,6-8H2,1-3H3. The summed E-state index contributed by atoms with van der Waals surface area (Å²) in [5, 5.41) is 0. The lowest BCUT2D eigenvalue weighted by Gasteiger charge is -2.30. The molecular formula is C11H19NO. The van der Waals surface area contributed by atoms with Crippen LogP contribution in [0.5, 0.6) is 0 Å². The van der Waals surface area contributed by atoms with E-state index < -0.39 is 0 Å². The van der Waals surface area contributed by atoms with Gasteiger partial charge in [0.05, 0.1) is 0 Å². The SMILES string of the molecule is CC(=O)CC1=CCCN(C(C)C)C1. The van der Waals surface area contributed by atoms with E-state index in [0.29, 0.717) is 12.5 Å². The first-order chi connectivity index (χ1) is 6.09.